The smallest absolute Gasteiger partial charge is 0.317 e. The maximum absolute atomic E-state index is 12.2. The van der Waals surface area contributed by atoms with Gasteiger partial charge < -0.3 is 24.4 Å². The number of nitrogens with zero attached hydrogens (tertiary/aromatic N) is 1. The summed E-state index contributed by atoms with van der Waals surface area (Å²) in [7, 11) is 1.69. The van der Waals surface area contributed by atoms with E-state index in [1.807, 2.05) is 23.1 Å². The number of urea groups is 1. The molecule has 0 aromatic heterocycles. The average molecular weight is 334 g/mol. The molecule has 1 aromatic carbocycles. The van der Waals surface area contributed by atoms with Gasteiger partial charge in [0.25, 0.3) is 0 Å². The summed E-state index contributed by atoms with van der Waals surface area (Å²) in [4.78, 5) is 14.0. The number of hydrogen-bond acceptors (Lipinski definition) is 4. The van der Waals surface area contributed by atoms with E-state index >= 15 is 0 Å². The Morgan fingerprint density at radius 3 is 2.71 bits per heavy atom. The van der Waals surface area contributed by atoms with E-state index < -0.39 is 0 Å². The molecule has 2 aliphatic heterocycles. The van der Waals surface area contributed by atoms with E-state index in [0.717, 1.165) is 30.2 Å². The number of rotatable bonds is 5. The third-order valence-electron chi connectivity index (χ3n) is 4.65. The summed E-state index contributed by atoms with van der Waals surface area (Å²) in [5.41, 5.74) is 0.926. The first-order valence-corrected chi connectivity index (χ1v) is 8.41. The first-order valence-electron chi connectivity index (χ1n) is 8.41. The second kappa shape index (κ2) is 6.89. The van der Waals surface area contributed by atoms with E-state index in [9.17, 15) is 4.79 Å². The molecule has 2 heterocycles. The van der Waals surface area contributed by atoms with E-state index in [1.165, 1.54) is 0 Å². The molecule has 132 valence electrons. The van der Waals surface area contributed by atoms with Gasteiger partial charge in [-0.2, -0.15) is 0 Å². The zero-order chi connectivity index (χ0) is 17.2. The lowest BCUT2D eigenvalue weighted by Crippen LogP contribution is -2.56. The van der Waals surface area contributed by atoms with E-state index in [0.29, 0.717) is 32.3 Å². The number of fused-ring (bicyclic) bond motifs is 1. The fourth-order valence-electron chi connectivity index (χ4n) is 3.05. The van der Waals surface area contributed by atoms with Gasteiger partial charge in [-0.15, -0.1) is 0 Å². The summed E-state index contributed by atoms with van der Waals surface area (Å²) in [6, 6.07) is 5.99. The molecule has 6 nitrogen and oxygen atoms in total. The summed E-state index contributed by atoms with van der Waals surface area (Å²) in [5, 5.41) is 3.04. The highest BCUT2D eigenvalue weighted by atomic mass is 16.6. The van der Waals surface area contributed by atoms with Crippen molar-refractivity contribution in [2.24, 2.45) is 5.92 Å². The van der Waals surface area contributed by atoms with E-state index in [4.69, 9.17) is 14.2 Å². The lowest BCUT2D eigenvalue weighted by atomic mass is 9.84. The molecule has 0 atom stereocenters. The van der Waals surface area contributed by atoms with Crippen LogP contribution in [-0.2, 0) is 10.2 Å². The number of ether oxygens (including phenoxy) is 3. The number of carbonyl (C=O) groups excluding carboxylic acids is 1. The molecule has 0 aliphatic carbocycles. The third kappa shape index (κ3) is 3.59. The maximum atomic E-state index is 12.2. The number of methoxy groups -OCH3 is 1. The second-order valence-electron chi connectivity index (χ2n) is 7.13. The van der Waals surface area contributed by atoms with Crippen LogP contribution in [0.15, 0.2) is 18.2 Å². The van der Waals surface area contributed by atoms with Crippen molar-refractivity contribution in [1.82, 2.24) is 10.2 Å². The Morgan fingerprint density at radius 2 is 2.00 bits per heavy atom. The van der Waals surface area contributed by atoms with Crippen molar-refractivity contribution in [3.63, 3.8) is 0 Å². The van der Waals surface area contributed by atoms with Crippen LogP contribution in [0.25, 0.3) is 0 Å². The van der Waals surface area contributed by atoms with Crippen LogP contribution in [0.5, 0.6) is 11.5 Å². The molecule has 24 heavy (non-hydrogen) atoms. The molecule has 1 fully saturated rings. The second-order valence-corrected chi connectivity index (χ2v) is 7.13. The third-order valence-corrected chi connectivity index (χ3v) is 4.65. The van der Waals surface area contributed by atoms with Gasteiger partial charge in [-0.05, 0) is 17.7 Å². The molecule has 2 aliphatic rings. The van der Waals surface area contributed by atoms with Crippen molar-refractivity contribution in [3.8, 4) is 11.5 Å². The summed E-state index contributed by atoms with van der Waals surface area (Å²) in [6.45, 7) is 8.21. The summed E-state index contributed by atoms with van der Waals surface area (Å²) >= 11 is 0. The first-order chi connectivity index (χ1) is 11.5. The Hall–Kier alpha value is -1.95. The lowest BCUT2D eigenvalue weighted by molar-refractivity contribution is 0.0552. The van der Waals surface area contributed by atoms with Gasteiger partial charge in [-0.3, -0.25) is 0 Å². The van der Waals surface area contributed by atoms with Gasteiger partial charge in [-0.1, -0.05) is 19.9 Å². The van der Waals surface area contributed by atoms with Crippen molar-refractivity contribution in [1.29, 1.82) is 0 Å². The Kier molecular flexibility index (Phi) is 4.85. The van der Waals surface area contributed by atoms with Crippen molar-refractivity contribution in [2.45, 2.75) is 19.3 Å². The highest BCUT2D eigenvalue weighted by Crippen LogP contribution is 2.35. The van der Waals surface area contributed by atoms with Crippen LogP contribution in [0.4, 0.5) is 4.79 Å². The van der Waals surface area contributed by atoms with Crippen molar-refractivity contribution >= 4 is 6.03 Å². The van der Waals surface area contributed by atoms with Crippen LogP contribution in [0.2, 0.25) is 0 Å². The van der Waals surface area contributed by atoms with E-state index in [1.54, 1.807) is 7.11 Å². The van der Waals surface area contributed by atoms with Gasteiger partial charge >= 0.3 is 6.03 Å². The van der Waals surface area contributed by atoms with Gasteiger partial charge in [0.05, 0.1) is 6.61 Å². The molecule has 6 heteroatoms. The molecule has 2 amide bonds. The molecule has 0 radical (unpaired) electrons. The molecular formula is C18H26N2O4. The van der Waals surface area contributed by atoms with Gasteiger partial charge in [0.2, 0.25) is 0 Å². The number of likely N-dealkylation sites (tertiary alicyclic amines) is 1. The highest BCUT2D eigenvalue weighted by Gasteiger charge is 2.31. The molecule has 1 saturated heterocycles. The summed E-state index contributed by atoms with van der Waals surface area (Å²) in [5.74, 6) is 2.03. The molecular weight excluding hydrogens is 308 g/mol. The minimum Gasteiger partial charge on any atom is -0.486 e. The maximum Gasteiger partial charge on any atom is 0.317 e. The number of benzene rings is 1. The number of carbonyl (C=O) groups is 1. The molecule has 0 saturated carbocycles. The van der Waals surface area contributed by atoms with Crippen LogP contribution in [0, 0.1) is 5.92 Å². The standard InChI is InChI=1S/C18H26N2O4/c1-18(2,12-19-17(21)20-9-13(10-20)11-22-3)14-4-5-15-16(8-14)24-7-6-23-15/h4-5,8,13H,6-7,9-12H2,1-3H3,(H,19,21). The predicted octanol–water partition coefficient (Wildman–Crippen LogP) is 2.02. The molecule has 1 N–H and O–H groups in total. The van der Waals surface area contributed by atoms with Gasteiger partial charge in [0, 0.05) is 38.1 Å². The van der Waals surface area contributed by atoms with Crippen LogP contribution in [-0.4, -0.2) is 57.5 Å². The largest absolute Gasteiger partial charge is 0.486 e. The zero-order valence-electron chi connectivity index (χ0n) is 14.6. The Labute approximate surface area is 143 Å². The first kappa shape index (κ1) is 16.9. The molecule has 0 spiro atoms. The van der Waals surface area contributed by atoms with Gasteiger partial charge in [0.1, 0.15) is 13.2 Å². The van der Waals surface area contributed by atoms with Crippen LogP contribution in [0.3, 0.4) is 0 Å². The van der Waals surface area contributed by atoms with E-state index in [2.05, 4.69) is 19.2 Å². The number of hydrogen-bond donors (Lipinski definition) is 1. The Balaban J connectivity index is 1.55. The molecule has 1 aromatic rings. The molecule has 0 bridgehead atoms. The zero-order valence-corrected chi connectivity index (χ0v) is 14.6. The van der Waals surface area contributed by atoms with Crippen LogP contribution >= 0.6 is 0 Å². The fourth-order valence-corrected chi connectivity index (χ4v) is 3.05. The Bertz CT molecular complexity index is 597. The van der Waals surface area contributed by atoms with Crippen LogP contribution < -0.4 is 14.8 Å². The highest BCUT2D eigenvalue weighted by molar-refractivity contribution is 5.75. The van der Waals surface area contributed by atoms with Crippen LogP contribution in [0.1, 0.15) is 19.4 Å². The normalized spacial score (nSPS) is 17.4. The minimum absolute atomic E-state index is 0.00651. The van der Waals surface area contributed by atoms with Crippen molar-refractivity contribution < 1.29 is 19.0 Å². The summed E-state index contributed by atoms with van der Waals surface area (Å²) in [6.07, 6.45) is 0. The van der Waals surface area contributed by atoms with Crippen molar-refractivity contribution in [3.05, 3.63) is 23.8 Å². The van der Waals surface area contributed by atoms with E-state index in [-0.39, 0.29) is 11.4 Å². The fraction of sp³-hybridized carbons (Fsp3) is 0.611. The lowest BCUT2D eigenvalue weighted by Gasteiger charge is -2.39. The molecule has 3 rings (SSSR count). The molecule has 0 unspecified atom stereocenters. The minimum atomic E-state index is -0.192. The quantitative estimate of drug-likeness (QED) is 0.895. The number of nitrogens with one attached hydrogen (secondary N) is 1. The SMILES string of the molecule is COCC1CN(C(=O)NCC(C)(C)c2ccc3c(c2)OCCO3)C1. The predicted molar refractivity (Wildman–Crippen MR) is 90.8 cm³/mol. The monoisotopic (exact) mass is 334 g/mol. The Morgan fingerprint density at radius 1 is 1.29 bits per heavy atom. The topological polar surface area (TPSA) is 60.0 Å². The number of amides is 2. The summed E-state index contributed by atoms with van der Waals surface area (Å²) < 4.78 is 16.3. The van der Waals surface area contributed by atoms with Gasteiger partial charge in [-0.25, -0.2) is 4.79 Å². The van der Waals surface area contributed by atoms with Crippen molar-refractivity contribution in [2.75, 3.05) is 46.6 Å². The average Bonchev–Trinajstić information content (AvgIpc) is 2.55. The van der Waals surface area contributed by atoms with Gasteiger partial charge in [0.15, 0.2) is 11.5 Å².